The Morgan fingerprint density at radius 1 is 1.20 bits per heavy atom. The van der Waals surface area contributed by atoms with Gasteiger partial charge in [-0.25, -0.2) is 0 Å². The number of hydrogen-bond donors (Lipinski definition) is 1. The quantitative estimate of drug-likeness (QED) is 0.751. The first-order valence-electron chi connectivity index (χ1n) is 6.91. The standard InChI is InChI=1S/C13H21F3N2O2/c14-13(15,16)11-3-1-4-12(7-11)18-5-2-6-19-8-17-9-20-10-18/h1,4,11-12,17H,2-3,5-10H2. The average Bonchev–Trinajstić information content (AvgIpc) is 2.44. The van der Waals surface area contributed by atoms with Crippen molar-refractivity contribution in [2.45, 2.75) is 31.5 Å². The lowest BCUT2D eigenvalue weighted by Crippen LogP contribution is -2.43. The molecular formula is C13H21F3N2O2. The summed E-state index contributed by atoms with van der Waals surface area (Å²) in [5, 5.41) is 2.94. The molecule has 7 heteroatoms. The van der Waals surface area contributed by atoms with Gasteiger partial charge in [0, 0.05) is 19.2 Å². The number of hydrogen-bond acceptors (Lipinski definition) is 4. The molecule has 4 nitrogen and oxygen atoms in total. The van der Waals surface area contributed by atoms with E-state index >= 15 is 0 Å². The van der Waals surface area contributed by atoms with E-state index in [0.29, 0.717) is 33.3 Å². The first-order valence-corrected chi connectivity index (χ1v) is 6.91. The van der Waals surface area contributed by atoms with Crippen molar-refractivity contribution in [3.05, 3.63) is 12.2 Å². The summed E-state index contributed by atoms with van der Waals surface area (Å²) in [5.74, 6) is -1.25. The molecule has 1 aliphatic heterocycles. The van der Waals surface area contributed by atoms with Crippen molar-refractivity contribution in [2.24, 2.45) is 5.92 Å². The molecule has 2 unspecified atom stereocenters. The van der Waals surface area contributed by atoms with Crippen molar-refractivity contribution in [3.8, 4) is 0 Å². The van der Waals surface area contributed by atoms with E-state index < -0.39 is 12.1 Å². The van der Waals surface area contributed by atoms with Gasteiger partial charge in [-0.05, 0) is 19.3 Å². The highest BCUT2D eigenvalue weighted by atomic mass is 19.4. The fourth-order valence-corrected chi connectivity index (χ4v) is 2.52. The number of halogens is 3. The summed E-state index contributed by atoms with van der Waals surface area (Å²) in [4.78, 5) is 1.95. The van der Waals surface area contributed by atoms with Crippen LogP contribution in [0.15, 0.2) is 12.2 Å². The maximum absolute atomic E-state index is 12.8. The third-order valence-corrected chi connectivity index (χ3v) is 3.64. The average molecular weight is 294 g/mol. The van der Waals surface area contributed by atoms with Crippen molar-refractivity contribution < 1.29 is 22.6 Å². The predicted octanol–water partition coefficient (Wildman–Crippen LogP) is 2.08. The van der Waals surface area contributed by atoms with Crippen LogP contribution in [0, 0.1) is 5.92 Å². The van der Waals surface area contributed by atoms with E-state index in [0.717, 1.165) is 6.42 Å². The Bertz CT molecular complexity index is 313. The molecule has 2 atom stereocenters. The highest BCUT2D eigenvalue weighted by Crippen LogP contribution is 2.36. The van der Waals surface area contributed by atoms with Crippen LogP contribution >= 0.6 is 0 Å². The molecule has 116 valence electrons. The van der Waals surface area contributed by atoms with E-state index in [1.54, 1.807) is 6.08 Å². The van der Waals surface area contributed by atoms with Gasteiger partial charge in [-0.3, -0.25) is 10.2 Å². The fourth-order valence-electron chi connectivity index (χ4n) is 2.52. The molecule has 0 spiro atoms. The molecule has 0 saturated carbocycles. The molecule has 1 fully saturated rings. The maximum Gasteiger partial charge on any atom is 0.392 e. The molecule has 20 heavy (non-hydrogen) atoms. The van der Waals surface area contributed by atoms with E-state index in [9.17, 15) is 13.2 Å². The fraction of sp³-hybridized carbons (Fsp3) is 0.846. The first-order chi connectivity index (χ1) is 9.57. The number of nitrogens with zero attached hydrogens (tertiary/aromatic N) is 1. The first kappa shape index (κ1) is 15.8. The van der Waals surface area contributed by atoms with Gasteiger partial charge in [-0.15, -0.1) is 0 Å². The van der Waals surface area contributed by atoms with Gasteiger partial charge in [0.25, 0.3) is 0 Å². The Labute approximate surface area is 116 Å². The van der Waals surface area contributed by atoms with Gasteiger partial charge in [-0.1, -0.05) is 12.2 Å². The number of rotatable bonds is 1. The number of ether oxygens (including phenoxy) is 2. The Morgan fingerprint density at radius 2 is 2.00 bits per heavy atom. The monoisotopic (exact) mass is 294 g/mol. The summed E-state index contributed by atoms with van der Waals surface area (Å²) in [5.41, 5.74) is 0. The number of alkyl halides is 3. The highest BCUT2D eigenvalue weighted by molar-refractivity contribution is 5.02. The molecule has 1 heterocycles. The van der Waals surface area contributed by atoms with Gasteiger partial charge in [-0.2, -0.15) is 13.2 Å². The molecule has 0 aromatic carbocycles. The Kier molecular flexibility index (Phi) is 5.83. The lowest BCUT2D eigenvalue weighted by atomic mass is 9.90. The summed E-state index contributed by atoms with van der Waals surface area (Å²) in [6.07, 6.45) is 0.361. The molecule has 0 bridgehead atoms. The molecule has 0 aromatic rings. The minimum Gasteiger partial charge on any atom is -0.366 e. The van der Waals surface area contributed by atoms with Crippen molar-refractivity contribution in [3.63, 3.8) is 0 Å². The van der Waals surface area contributed by atoms with Crippen LogP contribution in [0.1, 0.15) is 19.3 Å². The largest absolute Gasteiger partial charge is 0.392 e. The summed E-state index contributed by atoms with van der Waals surface area (Å²) < 4.78 is 49.2. The zero-order chi connectivity index (χ0) is 14.4. The van der Waals surface area contributed by atoms with Crippen LogP contribution in [0.25, 0.3) is 0 Å². The molecule has 1 aliphatic carbocycles. The third kappa shape index (κ3) is 4.73. The summed E-state index contributed by atoms with van der Waals surface area (Å²) in [6.45, 7) is 2.41. The van der Waals surface area contributed by atoms with Crippen LogP contribution in [-0.4, -0.2) is 50.5 Å². The second kappa shape index (κ2) is 7.40. The Morgan fingerprint density at radius 3 is 2.80 bits per heavy atom. The van der Waals surface area contributed by atoms with Crippen LogP contribution in [0.3, 0.4) is 0 Å². The second-order valence-corrected chi connectivity index (χ2v) is 5.15. The third-order valence-electron chi connectivity index (χ3n) is 3.64. The van der Waals surface area contributed by atoms with Gasteiger partial charge in [0.2, 0.25) is 0 Å². The molecule has 2 rings (SSSR count). The van der Waals surface area contributed by atoms with Crippen molar-refractivity contribution in [1.29, 1.82) is 0 Å². The molecule has 0 aromatic heterocycles. The van der Waals surface area contributed by atoms with Gasteiger partial charge in [0.05, 0.1) is 12.6 Å². The second-order valence-electron chi connectivity index (χ2n) is 5.15. The normalized spacial score (nSPS) is 31.1. The zero-order valence-electron chi connectivity index (χ0n) is 11.4. The summed E-state index contributed by atoms with van der Waals surface area (Å²) in [7, 11) is 0. The highest BCUT2D eigenvalue weighted by Gasteiger charge is 2.41. The van der Waals surface area contributed by atoms with E-state index in [4.69, 9.17) is 9.47 Å². The molecule has 0 amide bonds. The Hall–Kier alpha value is -0.630. The summed E-state index contributed by atoms with van der Waals surface area (Å²) in [6, 6.07) is -0.213. The SMILES string of the molecule is FC(F)(F)C1CC=CC(N2CCCOCNCOC2)C1. The smallest absolute Gasteiger partial charge is 0.366 e. The van der Waals surface area contributed by atoms with E-state index in [-0.39, 0.29) is 18.9 Å². The van der Waals surface area contributed by atoms with Crippen molar-refractivity contribution in [2.75, 3.05) is 33.3 Å². The van der Waals surface area contributed by atoms with Crippen LogP contribution in [0.4, 0.5) is 13.2 Å². The Balaban J connectivity index is 1.93. The van der Waals surface area contributed by atoms with E-state index in [1.165, 1.54) is 0 Å². The molecule has 1 N–H and O–H groups in total. The van der Waals surface area contributed by atoms with E-state index in [2.05, 4.69) is 5.32 Å². The van der Waals surface area contributed by atoms with Crippen LogP contribution in [0.5, 0.6) is 0 Å². The minimum absolute atomic E-state index is 0.0827. The van der Waals surface area contributed by atoms with Crippen molar-refractivity contribution >= 4 is 0 Å². The van der Waals surface area contributed by atoms with Crippen molar-refractivity contribution in [1.82, 2.24) is 10.2 Å². The van der Waals surface area contributed by atoms with Gasteiger partial charge in [0.15, 0.2) is 0 Å². The van der Waals surface area contributed by atoms with Crippen LogP contribution < -0.4 is 5.32 Å². The molecule has 0 radical (unpaired) electrons. The van der Waals surface area contributed by atoms with Crippen LogP contribution in [-0.2, 0) is 9.47 Å². The number of nitrogens with one attached hydrogen (secondary N) is 1. The molecule has 1 saturated heterocycles. The molecular weight excluding hydrogens is 273 g/mol. The lowest BCUT2D eigenvalue weighted by Gasteiger charge is -2.35. The van der Waals surface area contributed by atoms with E-state index in [1.807, 2.05) is 11.0 Å². The predicted molar refractivity (Wildman–Crippen MR) is 67.8 cm³/mol. The van der Waals surface area contributed by atoms with Gasteiger partial charge < -0.3 is 9.47 Å². The number of allylic oxidation sites excluding steroid dienone is 1. The zero-order valence-corrected chi connectivity index (χ0v) is 11.4. The summed E-state index contributed by atoms with van der Waals surface area (Å²) >= 11 is 0. The maximum atomic E-state index is 12.8. The van der Waals surface area contributed by atoms with Gasteiger partial charge in [0.1, 0.15) is 13.5 Å². The van der Waals surface area contributed by atoms with Crippen LogP contribution in [0.2, 0.25) is 0 Å². The lowest BCUT2D eigenvalue weighted by molar-refractivity contribution is -0.180. The van der Waals surface area contributed by atoms with Gasteiger partial charge >= 0.3 is 6.18 Å². The minimum atomic E-state index is -4.12. The molecule has 2 aliphatic rings. The topological polar surface area (TPSA) is 33.7 Å².